The molecule has 0 aliphatic carbocycles. The molecular formula is C15H19N3O2S2. The van der Waals surface area contributed by atoms with Gasteiger partial charge in [0.2, 0.25) is 10.0 Å². The third kappa shape index (κ3) is 3.48. The Bertz CT molecular complexity index is 729. The zero-order valence-corrected chi connectivity index (χ0v) is 14.0. The summed E-state index contributed by atoms with van der Waals surface area (Å²) in [6, 6.07) is 9.23. The normalized spacial score (nSPS) is 19.3. The quantitative estimate of drug-likeness (QED) is 0.930. The van der Waals surface area contributed by atoms with E-state index in [-0.39, 0.29) is 6.04 Å². The second kappa shape index (κ2) is 6.36. The van der Waals surface area contributed by atoms with Gasteiger partial charge in [0.1, 0.15) is 10.0 Å². The summed E-state index contributed by atoms with van der Waals surface area (Å²) >= 11 is 1.24. The zero-order chi connectivity index (χ0) is 15.6. The lowest BCUT2D eigenvalue weighted by Gasteiger charge is -2.33. The number of hydrogen-bond acceptors (Lipinski definition) is 5. The SMILES string of the molecule is Cc1cccc(N2CCCC(NS(=O)(=O)c3cccs3)C2)n1. The summed E-state index contributed by atoms with van der Waals surface area (Å²) in [4.78, 5) is 6.68. The molecule has 1 unspecified atom stereocenters. The third-order valence-electron chi connectivity index (χ3n) is 3.70. The minimum atomic E-state index is -3.41. The van der Waals surface area contributed by atoms with Crippen molar-refractivity contribution in [3.05, 3.63) is 41.4 Å². The molecule has 0 spiro atoms. The van der Waals surface area contributed by atoms with Gasteiger partial charge in [0.15, 0.2) is 0 Å². The van der Waals surface area contributed by atoms with Gasteiger partial charge in [-0.05, 0) is 43.3 Å². The molecule has 118 valence electrons. The molecule has 1 saturated heterocycles. The first-order valence-electron chi connectivity index (χ1n) is 7.29. The number of rotatable bonds is 4. The van der Waals surface area contributed by atoms with Crippen LogP contribution in [0.5, 0.6) is 0 Å². The maximum atomic E-state index is 12.3. The number of sulfonamides is 1. The van der Waals surface area contributed by atoms with Crippen LogP contribution in [0.25, 0.3) is 0 Å². The van der Waals surface area contributed by atoms with Crippen molar-refractivity contribution in [1.82, 2.24) is 9.71 Å². The van der Waals surface area contributed by atoms with Crippen molar-refractivity contribution < 1.29 is 8.42 Å². The summed E-state index contributed by atoms with van der Waals surface area (Å²) in [6.45, 7) is 3.53. The van der Waals surface area contributed by atoms with E-state index >= 15 is 0 Å². The molecule has 0 amide bonds. The Hall–Kier alpha value is -1.44. The molecule has 0 bridgehead atoms. The highest BCUT2D eigenvalue weighted by Gasteiger charge is 2.26. The number of aromatic nitrogens is 1. The number of hydrogen-bond donors (Lipinski definition) is 1. The molecule has 3 heterocycles. The molecule has 0 radical (unpaired) electrons. The standard InChI is InChI=1S/C15H19N3O2S2/c1-12-5-2-7-14(16-12)18-9-3-6-13(11-18)17-22(19,20)15-8-4-10-21-15/h2,4-5,7-8,10,13,17H,3,6,9,11H2,1H3. The Kier molecular flexibility index (Phi) is 4.46. The van der Waals surface area contributed by atoms with Gasteiger partial charge < -0.3 is 4.90 Å². The molecular weight excluding hydrogens is 318 g/mol. The summed E-state index contributed by atoms with van der Waals surface area (Å²) in [5.41, 5.74) is 0.971. The largest absolute Gasteiger partial charge is 0.355 e. The van der Waals surface area contributed by atoms with E-state index in [1.807, 2.05) is 25.1 Å². The lowest BCUT2D eigenvalue weighted by molar-refractivity contribution is 0.464. The van der Waals surface area contributed by atoms with Gasteiger partial charge in [-0.1, -0.05) is 12.1 Å². The van der Waals surface area contributed by atoms with E-state index in [1.165, 1.54) is 11.3 Å². The molecule has 1 N–H and O–H groups in total. The van der Waals surface area contributed by atoms with Crippen LogP contribution in [0, 0.1) is 6.92 Å². The third-order valence-corrected chi connectivity index (χ3v) is 6.62. The van der Waals surface area contributed by atoms with Crippen LogP contribution in [0.3, 0.4) is 0 Å². The van der Waals surface area contributed by atoms with Gasteiger partial charge in [0, 0.05) is 24.8 Å². The summed E-state index contributed by atoms with van der Waals surface area (Å²) in [7, 11) is -3.41. The van der Waals surface area contributed by atoms with Crippen LogP contribution in [0.4, 0.5) is 5.82 Å². The first-order valence-corrected chi connectivity index (χ1v) is 9.65. The second-order valence-corrected chi connectivity index (χ2v) is 8.36. The topological polar surface area (TPSA) is 62.3 Å². The molecule has 5 nitrogen and oxygen atoms in total. The van der Waals surface area contributed by atoms with Crippen LogP contribution in [0.1, 0.15) is 18.5 Å². The number of thiophene rings is 1. The Balaban J connectivity index is 1.71. The average Bonchev–Trinajstić information content (AvgIpc) is 3.02. The monoisotopic (exact) mass is 337 g/mol. The molecule has 0 saturated carbocycles. The molecule has 3 rings (SSSR count). The van der Waals surface area contributed by atoms with Crippen molar-refractivity contribution >= 4 is 27.2 Å². The van der Waals surface area contributed by atoms with E-state index in [0.29, 0.717) is 10.8 Å². The Labute approximate surface area is 135 Å². The molecule has 22 heavy (non-hydrogen) atoms. The van der Waals surface area contributed by atoms with Crippen LogP contribution in [0.15, 0.2) is 39.9 Å². The van der Waals surface area contributed by atoms with Gasteiger partial charge in [-0.3, -0.25) is 0 Å². The van der Waals surface area contributed by atoms with Crippen LogP contribution < -0.4 is 9.62 Å². The number of aryl methyl sites for hydroxylation is 1. The van der Waals surface area contributed by atoms with E-state index in [2.05, 4.69) is 14.6 Å². The molecule has 7 heteroatoms. The molecule has 1 aliphatic rings. The second-order valence-electron chi connectivity index (χ2n) is 5.48. The minimum absolute atomic E-state index is 0.0804. The highest BCUT2D eigenvalue weighted by Crippen LogP contribution is 2.21. The number of piperidine rings is 1. The molecule has 1 aliphatic heterocycles. The van der Waals surface area contributed by atoms with E-state index in [1.54, 1.807) is 17.5 Å². The lowest BCUT2D eigenvalue weighted by Crippen LogP contribution is -2.47. The van der Waals surface area contributed by atoms with Gasteiger partial charge in [-0.2, -0.15) is 0 Å². The average molecular weight is 337 g/mol. The zero-order valence-electron chi connectivity index (χ0n) is 12.4. The predicted molar refractivity (Wildman–Crippen MR) is 88.8 cm³/mol. The van der Waals surface area contributed by atoms with Crippen molar-refractivity contribution in [2.45, 2.75) is 30.0 Å². The molecule has 2 aromatic heterocycles. The summed E-state index contributed by atoms with van der Waals surface area (Å²) in [5.74, 6) is 0.917. The van der Waals surface area contributed by atoms with Crippen molar-refractivity contribution in [1.29, 1.82) is 0 Å². The van der Waals surface area contributed by atoms with Gasteiger partial charge in [0.25, 0.3) is 0 Å². The first kappa shape index (κ1) is 15.5. The van der Waals surface area contributed by atoms with Crippen LogP contribution >= 0.6 is 11.3 Å². The molecule has 1 atom stereocenters. The molecule has 1 fully saturated rings. The molecule has 2 aromatic rings. The Morgan fingerprint density at radius 2 is 2.18 bits per heavy atom. The summed E-state index contributed by atoms with van der Waals surface area (Å²) in [5, 5.41) is 1.78. The summed E-state index contributed by atoms with van der Waals surface area (Å²) in [6.07, 6.45) is 1.81. The van der Waals surface area contributed by atoms with Crippen molar-refractivity contribution in [3.63, 3.8) is 0 Å². The molecule has 0 aromatic carbocycles. The van der Waals surface area contributed by atoms with Gasteiger partial charge >= 0.3 is 0 Å². The summed E-state index contributed by atoms with van der Waals surface area (Å²) < 4.78 is 27.8. The predicted octanol–water partition coefficient (Wildman–Crippen LogP) is 2.40. The highest BCUT2D eigenvalue weighted by molar-refractivity contribution is 7.91. The first-order chi connectivity index (χ1) is 10.5. The van der Waals surface area contributed by atoms with Gasteiger partial charge in [-0.15, -0.1) is 11.3 Å². The smallest absolute Gasteiger partial charge is 0.250 e. The Morgan fingerprint density at radius 1 is 1.32 bits per heavy atom. The van der Waals surface area contributed by atoms with Gasteiger partial charge in [0.05, 0.1) is 0 Å². The van der Waals surface area contributed by atoms with Gasteiger partial charge in [-0.25, -0.2) is 18.1 Å². The maximum Gasteiger partial charge on any atom is 0.250 e. The Morgan fingerprint density at radius 3 is 2.91 bits per heavy atom. The number of anilines is 1. The van der Waals surface area contributed by atoms with Crippen LogP contribution in [0.2, 0.25) is 0 Å². The fraction of sp³-hybridized carbons (Fsp3) is 0.400. The van der Waals surface area contributed by atoms with E-state index in [9.17, 15) is 8.42 Å². The highest BCUT2D eigenvalue weighted by atomic mass is 32.2. The van der Waals surface area contributed by atoms with Crippen LogP contribution in [-0.2, 0) is 10.0 Å². The lowest BCUT2D eigenvalue weighted by atomic mass is 10.1. The van der Waals surface area contributed by atoms with Crippen molar-refractivity contribution in [2.24, 2.45) is 0 Å². The van der Waals surface area contributed by atoms with E-state index in [0.717, 1.165) is 30.9 Å². The maximum absolute atomic E-state index is 12.3. The minimum Gasteiger partial charge on any atom is -0.355 e. The number of pyridine rings is 1. The van der Waals surface area contributed by atoms with E-state index in [4.69, 9.17) is 0 Å². The number of nitrogens with zero attached hydrogens (tertiary/aromatic N) is 2. The number of nitrogens with one attached hydrogen (secondary N) is 1. The van der Waals surface area contributed by atoms with Crippen molar-refractivity contribution in [2.75, 3.05) is 18.0 Å². The van der Waals surface area contributed by atoms with Crippen molar-refractivity contribution in [3.8, 4) is 0 Å². The van der Waals surface area contributed by atoms with Crippen LogP contribution in [-0.4, -0.2) is 32.5 Å². The van der Waals surface area contributed by atoms with E-state index < -0.39 is 10.0 Å². The fourth-order valence-corrected chi connectivity index (χ4v) is 4.95. The fourth-order valence-electron chi connectivity index (χ4n) is 2.68.